The van der Waals surface area contributed by atoms with E-state index in [4.69, 9.17) is 4.98 Å². The first-order valence-corrected chi connectivity index (χ1v) is 8.01. The summed E-state index contributed by atoms with van der Waals surface area (Å²) in [5, 5.41) is 7.12. The van der Waals surface area contributed by atoms with Crippen molar-refractivity contribution in [3.63, 3.8) is 0 Å². The van der Waals surface area contributed by atoms with Crippen LogP contribution in [0.5, 0.6) is 0 Å². The number of aromatic nitrogens is 1. The Morgan fingerprint density at radius 2 is 2.17 bits per heavy atom. The SMILES string of the molecule is CC(CCNC1CC1)Cc1nc(C(C)(C)C)cs1. The molecule has 1 N–H and O–H groups in total. The maximum atomic E-state index is 4.78. The average Bonchev–Trinajstić information content (AvgIpc) is 2.94. The van der Waals surface area contributed by atoms with Crippen molar-refractivity contribution >= 4 is 11.3 Å². The van der Waals surface area contributed by atoms with Crippen molar-refractivity contribution in [1.82, 2.24) is 10.3 Å². The summed E-state index contributed by atoms with van der Waals surface area (Å²) in [7, 11) is 0. The van der Waals surface area contributed by atoms with Crippen molar-refractivity contribution in [3.8, 4) is 0 Å². The third kappa shape index (κ3) is 4.36. The molecule has 18 heavy (non-hydrogen) atoms. The molecule has 1 aromatic rings. The topological polar surface area (TPSA) is 24.9 Å². The van der Waals surface area contributed by atoms with Crippen LogP contribution in [0.15, 0.2) is 5.38 Å². The van der Waals surface area contributed by atoms with Crippen LogP contribution in [0.4, 0.5) is 0 Å². The van der Waals surface area contributed by atoms with Gasteiger partial charge in [-0.15, -0.1) is 11.3 Å². The quantitative estimate of drug-likeness (QED) is 0.848. The summed E-state index contributed by atoms with van der Waals surface area (Å²) in [6.45, 7) is 10.2. The molecule has 1 aliphatic rings. The zero-order chi connectivity index (χ0) is 13.2. The molecule has 0 radical (unpaired) electrons. The van der Waals surface area contributed by atoms with Crippen molar-refractivity contribution in [3.05, 3.63) is 16.1 Å². The fourth-order valence-electron chi connectivity index (χ4n) is 1.97. The van der Waals surface area contributed by atoms with Crippen LogP contribution in [0.1, 0.15) is 57.7 Å². The number of rotatable bonds is 6. The van der Waals surface area contributed by atoms with Crippen LogP contribution in [0.3, 0.4) is 0 Å². The molecule has 2 nitrogen and oxygen atoms in total. The largest absolute Gasteiger partial charge is 0.314 e. The van der Waals surface area contributed by atoms with E-state index in [1.165, 1.54) is 36.5 Å². The van der Waals surface area contributed by atoms with Crippen LogP contribution in [-0.4, -0.2) is 17.6 Å². The van der Waals surface area contributed by atoms with Gasteiger partial charge in [0, 0.05) is 23.3 Å². The van der Waals surface area contributed by atoms with Crippen molar-refractivity contribution < 1.29 is 0 Å². The van der Waals surface area contributed by atoms with E-state index in [1.54, 1.807) is 0 Å². The molecule has 1 aromatic heterocycles. The predicted molar refractivity (Wildman–Crippen MR) is 79.3 cm³/mol. The molecule has 2 rings (SSSR count). The van der Waals surface area contributed by atoms with E-state index in [1.807, 2.05) is 11.3 Å². The maximum absolute atomic E-state index is 4.78. The fourth-order valence-corrected chi connectivity index (χ4v) is 3.16. The maximum Gasteiger partial charge on any atom is 0.0931 e. The Morgan fingerprint density at radius 3 is 2.72 bits per heavy atom. The number of nitrogens with zero attached hydrogens (tertiary/aromatic N) is 1. The van der Waals surface area contributed by atoms with Gasteiger partial charge in [0.15, 0.2) is 0 Å². The minimum Gasteiger partial charge on any atom is -0.314 e. The number of thiazole rings is 1. The van der Waals surface area contributed by atoms with Crippen LogP contribution in [-0.2, 0) is 11.8 Å². The molecule has 0 saturated heterocycles. The second kappa shape index (κ2) is 5.70. The average molecular weight is 266 g/mol. The number of hydrogen-bond acceptors (Lipinski definition) is 3. The number of nitrogens with one attached hydrogen (secondary N) is 1. The lowest BCUT2D eigenvalue weighted by Gasteiger charge is -2.14. The molecular weight excluding hydrogens is 240 g/mol. The Balaban J connectivity index is 1.75. The summed E-state index contributed by atoms with van der Waals surface area (Å²) in [6.07, 6.45) is 5.17. The lowest BCUT2D eigenvalue weighted by Crippen LogP contribution is -2.20. The standard InChI is InChI=1S/C15H26N2S/c1-11(7-8-16-12-5-6-12)9-14-17-13(10-18-14)15(2,3)4/h10-12,16H,5-9H2,1-4H3. The summed E-state index contributed by atoms with van der Waals surface area (Å²) in [5.41, 5.74) is 1.43. The molecule has 3 heteroatoms. The van der Waals surface area contributed by atoms with Gasteiger partial charge in [0.1, 0.15) is 0 Å². The van der Waals surface area contributed by atoms with Gasteiger partial charge in [-0.25, -0.2) is 4.98 Å². The molecule has 1 atom stereocenters. The second-order valence-electron chi connectivity index (χ2n) is 6.70. The first-order valence-electron chi connectivity index (χ1n) is 7.13. The Kier molecular flexibility index (Phi) is 4.44. The monoisotopic (exact) mass is 266 g/mol. The highest BCUT2D eigenvalue weighted by molar-refractivity contribution is 7.09. The summed E-state index contributed by atoms with van der Waals surface area (Å²) < 4.78 is 0. The van der Waals surface area contributed by atoms with Crippen LogP contribution in [0.2, 0.25) is 0 Å². The zero-order valence-electron chi connectivity index (χ0n) is 12.1. The van der Waals surface area contributed by atoms with E-state index >= 15 is 0 Å². The molecule has 1 heterocycles. The van der Waals surface area contributed by atoms with Gasteiger partial charge in [-0.1, -0.05) is 27.7 Å². The van der Waals surface area contributed by atoms with E-state index in [-0.39, 0.29) is 5.41 Å². The highest BCUT2D eigenvalue weighted by Crippen LogP contribution is 2.25. The zero-order valence-corrected chi connectivity index (χ0v) is 12.9. The summed E-state index contributed by atoms with van der Waals surface area (Å²) >= 11 is 1.83. The summed E-state index contributed by atoms with van der Waals surface area (Å²) in [4.78, 5) is 4.78. The normalized spacial score (nSPS) is 18.0. The minimum absolute atomic E-state index is 0.186. The number of hydrogen-bond donors (Lipinski definition) is 1. The van der Waals surface area contributed by atoms with E-state index in [9.17, 15) is 0 Å². The lowest BCUT2D eigenvalue weighted by atomic mass is 9.93. The molecule has 0 aliphatic heterocycles. The molecule has 1 fully saturated rings. The van der Waals surface area contributed by atoms with Crippen LogP contribution in [0, 0.1) is 5.92 Å². The van der Waals surface area contributed by atoms with E-state index < -0.39 is 0 Å². The molecule has 1 unspecified atom stereocenters. The van der Waals surface area contributed by atoms with Crippen molar-refractivity contribution in [2.75, 3.05) is 6.54 Å². The fraction of sp³-hybridized carbons (Fsp3) is 0.800. The minimum atomic E-state index is 0.186. The van der Waals surface area contributed by atoms with E-state index in [2.05, 4.69) is 38.4 Å². The third-order valence-electron chi connectivity index (χ3n) is 3.49. The van der Waals surface area contributed by atoms with Crippen molar-refractivity contribution in [2.45, 2.75) is 64.8 Å². The second-order valence-corrected chi connectivity index (χ2v) is 7.65. The Hall–Kier alpha value is -0.410. The van der Waals surface area contributed by atoms with Gasteiger partial charge in [0.2, 0.25) is 0 Å². The molecule has 1 aliphatic carbocycles. The van der Waals surface area contributed by atoms with Gasteiger partial charge < -0.3 is 5.32 Å². The Morgan fingerprint density at radius 1 is 1.44 bits per heavy atom. The van der Waals surface area contributed by atoms with Gasteiger partial charge in [0.05, 0.1) is 10.7 Å². The smallest absolute Gasteiger partial charge is 0.0931 e. The molecule has 102 valence electrons. The highest BCUT2D eigenvalue weighted by Gasteiger charge is 2.20. The summed E-state index contributed by atoms with van der Waals surface area (Å²) in [5.74, 6) is 0.732. The lowest BCUT2D eigenvalue weighted by molar-refractivity contribution is 0.494. The van der Waals surface area contributed by atoms with Crippen LogP contribution >= 0.6 is 11.3 Å². The van der Waals surface area contributed by atoms with E-state index in [0.29, 0.717) is 0 Å². The van der Waals surface area contributed by atoms with Gasteiger partial charge in [-0.05, 0) is 31.7 Å². The first kappa shape index (κ1) is 14.0. The third-order valence-corrected chi connectivity index (χ3v) is 4.36. The van der Waals surface area contributed by atoms with Gasteiger partial charge in [-0.2, -0.15) is 0 Å². The summed E-state index contributed by atoms with van der Waals surface area (Å²) in [6, 6.07) is 0.838. The predicted octanol–water partition coefficient (Wildman–Crippen LogP) is 3.76. The Labute approximate surface area is 115 Å². The van der Waals surface area contributed by atoms with Gasteiger partial charge in [-0.3, -0.25) is 0 Å². The van der Waals surface area contributed by atoms with Crippen LogP contribution in [0.25, 0.3) is 0 Å². The molecule has 0 bridgehead atoms. The molecule has 0 spiro atoms. The Bertz CT molecular complexity index is 374. The van der Waals surface area contributed by atoms with E-state index in [0.717, 1.165) is 18.4 Å². The highest BCUT2D eigenvalue weighted by atomic mass is 32.1. The molecule has 1 saturated carbocycles. The van der Waals surface area contributed by atoms with Gasteiger partial charge in [0.25, 0.3) is 0 Å². The van der Waals surface area contributed by atoms with Crippen molar-refractivity contribution in [2.24, 2.45) is 5.92 Å². The molecular formula is C15H26N2S. The molecule has 0 aromatic carbocycles. The van der Waals surface area contributed by atoms with Gasteiger partial charge >= 0.3 is 0 Å². The first-order chi connectivity index (χ1) is 8.45. The van der Waals surface area contributed by atoms with Crippen LogP contribution < -0.4 is 5.32 Å². The molecule has 0 amide bonds. The van der Waals surface area contributed by atoms with Crippen molar-refractivity contribution in [1.29, 1.82) is 0 Å².